The van der Waals surface area contributed by atoms with E-state index < -0.39 is 11.7 Å². The van der Waals surface area contributed by atoms with Crippen molar-refractivity contribution < 1.29 is 17.9 Å². The molecule has 1 aromatic carbocycles. The van der Waals surface area contributed by atoms with Crippen LogP contribution in [-0.4, -0.2) is 30.6 Å². The second-order valence-corrected chi connectivity index (χ2v) is 5.03. The van der Waals surface area contributed by atoms with Crippen molar-refractivity contribution in [2.45, 2.75) is 32.0 Å². The molecule has 2 N–H and O–H groups in total. The highest BCUT2D eigenvalue weighted by Gasteiger charge is 2.31. The number of piperidine rings is 1. The molecule has 0 radical (unpaired) electrons. The molecule has 20 heavy (non-hydrogen) atoms. The molecule has 3 nitrogen and oxygen atoms in total. The summed E-state index contributed by atoms with van der Waals surface area (Å²) in [5.41, 5.74) is 4.95. The molecule has 112 valence electrons. The first kappa shape index (κ1) is 15.0. The molecule has 0 spiro atoms. The Balaban J connectivity index is 2.06. The van der Waals surface area contributed by atoms with Crippen LogP contribution in [0.4, 0.5) is 18.9 Å². The fourth-order valence-electron chi connectivity index (χ4n) is 2.41. The van der Waals surface area contributed by atoms with Crippen molar-refractivity contribution in [3.05, 3.63) is 23.8 Å². The minimum Gasteiger partial charge on any atom is -0.487 e. The summed E-state index contributed by atoms with van der Waals surface area (Å²) < 4.78 is 43.4. The van der Waals surface area contributed by atoms with Crippen LogP contribution in [0.2, 0.25) is 0 Å². The van der Waals surface area contributed by atoms with E-state index in [1.807, 2.05) is 0 Å². The number of rotatable bonds is 3. The molecule has 6 heteroatoms. The number of nitrogen functional groups attached to an aromatic ring is 1. The predicted octanol–water partition coefficient (Wildman–Crippen LogP) is 3.15. The van der Waals surface area contributed by atoms with E-state index in [-0.39, 0.29) is 11.8 Å². The molecule has 0 unspecified atom stereocenters. The molecule has 0 bridgehead atoms. The molecule has 0 aliphatic carbocycles. The minimum absolute atomic E-state index is 0.0114. The van der Waals surface area contributed by atoms with Crippen molar-refractivity contribution in [1.82, 2.24) is 4.90 Å². The van der Waals surface area contributed by atoms with E-state index in [2.05, 4.69) is 11.8 Å². The van der Waals surface area contributed by atoms with Crippen LogP contribution in [0.1, 0.15) is 25.3 Å². The number of ether oxygens (including phenoxy) is 1. The number of likely N-dealkylation sites (N-methyl/N-ethyl adjacent to an activating group) is 1. The molecule has 1 heterocycles. The smallest absolute Gasteiger partial charge is 0.416 e. The van der Waals surface area contributed by atoms with Crippen LogP contribution >= 0.6 is 0 Å². The van der Waals surface area contributed by atoms with E-state index in [4.69, 9.17) is 10.5 Å². The zero-order chi connectivity index (χ0) is 14.8. The number of nitrogens with zero attached hydrogens (tertiary/aromatic N) is 1. The van der Waals surface area contributed by atoms with Crippen LogP contribution in [0.25, 0.3) is 0 Å². The summed E-state index contributed by atoms with van der Waals surface area (Å²) in [6, 6.07) is 3.24. The maximum atomic E-state index is 12.6. The average molecular weight is 288 g/mol. The topological polar surface area (TPSA) is 38.5 Å². The number of likely N-dealkylation sites (tertiary alicyclic amines) is 1. The van der Waals surface area contributed by atoms with E-state index in [9.17, 15) is 13.2 Å². The zero-order valence-corrected chi connectivity index (χ0v) is 11.4. The van der Waals surface area contributed by atoms with E-state index in [0.29, 0.717) is 5.75 Å². The average Bonchev–Trinajstić information content (AvgIpc) is 2.40. The van der Waals surface area contributed by atoms with Gasteiger partial charge in [0.1, 0.15) is 11.9 Å². The summed E-state index contributed by atoms with van der Waals surface area (Å²) in [7, 11) is 0. The Morgan fingerprint density at radius 1 is 1.40 bits per heavy atom. The standard InChI is InChI=1S/C14H19F3N2O/c1-2-19-7-3-4-11(9-19)20-13-6-5-10(8-12(13)18)14(15,16)17/h5-6,8,11H,2-4,7,9,18H2,1H3/t11-/m0/s1. The van der Waals surface area contributed by atoms with Gasteiger partial charge in [0.2, 0.25) is 0 Å². The maximum Gasteiger partial charge on any atom is 0.416 e. The Labute approximate surface area is 116 Å². The molecule has 1 aromatic rings. The fraction of sp³-hybridized carbons (Fsp3) is 0.571. The number of nitrogens with two attached hydrogens (primary N) is 1. The largest absolute Gasteiger partial charge is 0.487 e. The van der Waals surface area contributed by atoms with Gasteiger partial charge in [-0.05, 0) is 44.1 Å². The van der Waals surface area contributed by atoms with E-state index in [1.54, 1.807) is 0 Å². The molecule has 1 saturated heterocycles. The summed E-state index contributed by atoms with van der Waals surface area (Å²) in [5, 5.41) is 0. The Hall–Kier alpha value is -1.43. The Morgan fingerprint density at radius 2 is 2.15 bits per heavy atom. The lowest BCUT2D eigenvalue weighted by Crippen LogP contribution is -2.40. The molecule has 2 rings (SSSR count). The molecule has 1 aliphatic heterocycles. The van der Waals surface area contributed by atoms with Crippen molar-refractivity contribution in [3.63, 3.8) is 0 Å². The molecular weight excluding hydrogens is 269 g/mol. The lowest BCUT2D eigenvalue weighted by Gasteiger charge is -2.32. The van der Waals surface area contributed by atoms with E-state index in [1.165, 1.54) is 6.07 Å². The molecule has 0 aromatic heterocycles. The highest BCUT2D eigenvalue weighted by Crippen LogP contribution is 2.34. The van der Waals surface area contributed by atoms with Crippen LogP contribution in [0.5, 0.6) is 5.75 Å². The first-order valence-corrected chi connectivity index (χ1v) is 6.76. The van der Waals surface area contributed by atoms with Crippen LogP contribution in [0, 0.1) is 0 Å². The first-order valence-electron chi connectivity index (χ1n) is 6.76. The van der Waals surface area contributed by atoms with Gasteiger partial charge in [-0.3, -0.25) is 4.90 Å². The third-order valence-corrected chi connectivity index (χ3v) is 3.54. The van der Waals surface area contributed by atoms with Crippen LogP contribution < -0.4 is 10.5 Å². The van der Waals surface area contributed by atoms with Crippen molar-refractivity contribution in [1.29, 1.82) is 0 Å². The highest BCUT2D eigenvalue weighted by molar-refractivity contribution is 5.54. The number of alkyl halides is 3. The van der Waals surface area contributed by atoms with Gasteiger partial charge in [0.25, 0.3) is 0 Å². The lowest BCUT2D eigenvalue weighted by atomic mass is 10.1. The van der Waals surface area contributed by atoms with Gasteiger partial charge in [0, 0.05) is 6.54 Å². The van der Waals surface area contributed by atoms with Gasteiger partial charge in [0.05, 0.1) is 11.3 Å². The van der Waals surface area contributed by atoms with Gasteiger partial charge in [-0.2, -0.15) is 13.2 Å². The maximum absolute atomic E-state index is 12.6. The monoisotopic (exact) mass is 288 g/mol. The van der Waals surface area contributed by atoms with Gasteiger partial charge >= 0.3 is 6.18 Å². The summed E-state index contributed by atoms with van der Waals surface area (Å²) in [6.45, 7) is 4.85. The van der Waals surface area contributed by atoms with Gasteiger partial charge in [-0.1, -0.05) is 6.92 Å². The van der Waals surface area contributed by atoms with Crippen LogP contribution in [0.3, 0.4) is 0 Å². The summed E-state index contributed by atoms with van der Waals surface area (Å²) in [4.78, 5) is 2.26. The second-order valence-electron chi connectivity index (χ2n) is 5.03. The molecular formula is C14H19F3N2O. The zero-order valence-electron chi connectivity index (χ0n) is 11.4. The minimum atomic E-state index is -4.38. The third kappa shape index (κ3) is 3.56. The molecule has 1 fully saturated rings. The SMILES string of the molecule is CCN1CCC[C@H](Oc2ccc(C(F)(F)F)cc2N)C1. The van der Waals surface area contributed by atoms with E-state index in [0.717, 1.165) is 44.6 Å². The molecule has 1 atom stereocenters. The van der Waals surface area contributed by atoms with Crippen molar-refractivity contribution in [2.75, 3.05) is 25.4 Å². The Morgan fingerprint density at radius 3 is 2.75 bits per heavy atom. The summed E-state index contributed by atoms with van der Waals surface area (Å²) in [6.07, 6.45) is -2.46. The molecule has 0 saturated carbocycles. The van der Waals surface area contributed by atoms with Crippen molar-refractivity contribution in [3.8, 4) is 5.75 Å². The quantitative estimate of drug-likeness (QED) is 0.868. The van der Waals surface area contributed by atoms with Gasteiger partial charge in [-0.25, -0.2) is 0 Å². The Bertz CT molecular complexity index is 462. The number of halogens is 3. The van der Waals surface area contributed by atoms with Crippen molar-refractivity contribution >= 4 is 5.69 Å². The number of hydrogen-bond acceptors (Lipinski definition) is 3. The summed E-state index contributed by atoms with van der Waals surface area (Å²) in [5.74, 6) is 0.334. The van der Waals surface area contributed by atoms with Gasteiger partial charge in [0.15, 0.2) is 0 Å². The molecule has 1 aliphatic rings. The fourth-order valence-corrected chi connectivity index (χ4v) is 2.41. The molecule has 0 amide bonds. The van der Waals surface area contributed by atoms with E-state index >= 15 is 0 Å². The number of benzene rings is 1. The highest BCUT2D eigenvalue weighted by atomic mass is 19.4. The second kappa shape index (κ2) is 5.91. The van der Waals surface area contributed by atoms with Crippen LogP contribution in [0.15, 0.2) is 18.2 Å². The number of anilines is 1. The normalized spacial score (nSPS) is 20.9. The Kier molecular flexibility index (Phi) is 4.42. The lowest BCUT2D eigenvalue weighted by molar-refractivity contribution is -0.137. The van der Waals surface area contributed by atoms with Gasteiger partial charge < -0.3 is 10.5 Å². The summed E-state index contributed by atoms with van der Waals surface area (Å²) >= 11 is 0. The predicted molar refractivity (Wildman–Crippen MR) is 71.6 cm³/mol. The van der Waals surface area contributed by atoms with Crippen LogP contribution in [-0.2, 0) is 6.18 Å². The van der Waals surface area contributed by atoms with Crippen molar-refractivity contribution in [2.24, 2.45) is 0 Å². The first-order chi connectivity index (χ1) is 9.40. The number of hydrogen-bond donors (Lipinski definition) is 1. The van der Waals surface area contributed by atoms with Gasteiger partial charge in [-0.15, -0.1) is 0 Å². The third-order valence-electron chi connectivity index (χ3n) is 3.54.